The van der Waals surface area contributed by atoms with Gasteiger partial charge in [0.15, 0.2) is 0 Å². The number of H-pyrrole nitrogens is 1. The molecule has 6 heteroatoms. The highest BCUT2D eigenvalue weighted by Crippen LogP contribution is 2.62. The number of aromatic amines is 1. The van der Waals surface area contributed by atoms with Gasteiger partial charge in [-0.05, 0) is 62.2 Å². The summed E-state index contributed by atoms with van der Waals surface area (Å²) in [6.07, 6.45) is 0. The topological polar surface area (TPSA) is 15.8 Å². The Morgan fingerprint density at radius 1 is 0.545 bits per heavy atom. The minimum atomic E-state index is 1.22. The van der Waals surface area contributed by atoms with Crippen molar-refractivity contribution in [3.8, 4) is 22.5 Å². The maximum absolute atomic E-state index is 3.68. The molecule has 0 unspecified atom stereocenters. The summed E-state index contributed by atoms with van der Waals surface area (Å²) in [6.45, 7) is 0. The standard InChI is InChI=1S/C16H11NS5/c1-3-7-11(8-4-1)13-15-16(19-21-22-20-18-15)14(17-13)12-9-5-2-6-10-12/h1-10,17H. The average Bonchev–Trinajstić information content (AvgIpc) is 2.78. The highest BCUT2D eigenvalue weighted by molar-refractivity contribution is 9.36. The first kappa shape index (κ1) is 15.0. The number of aromatic nitrogens is 1. The molecule has 4 rings (SSSR count). The highest BCUT2D eigenvalue weighted by atomic mass is 33.8. The van der Waals surface area contributed by atoms with Gasteiger partial charge in [0.2, 0.25) is 0 Å². The van der Waals surface area contributed by atoms with Gasteiger partial charge in [0.25, 0.3) is 0 Å². The van der Waals surface area contributed by atoms with Crippen molar-refractivity contribution in [3.63, 3.8) is 0 Å². The first-order valence-corrected chi connectivity index (χ1v) is 12.8. The summed E-state index contributed by atoms with van der Waals surface area (Å²) in [4.78, 5) is 6.36. The Morgan fingerprint density at radius 2 is 1.00 bits per heavy atom. The van der Waals surface area contributed by atoms with Crippen molar-refractivity contribution in [1.29, 1.82) is 0 Å². The first-order valence-electron chi connectivity index (χ1n) is 6.65. The fraction of sp³-hybridized carbons (Fsp3) is 0. The van der Waals surface area contributed by atoms with E-state index in [0.29, 0.717) is 0 Å². The minimum Gasteiger partial charge on any atom is -0.353 e. The van der Waals surface area contributed by atoms with E-state index in [4.69, 9.17) is 0 Å². The molecule has 3 aromatic rings. The summed E-state index contributed by atoms with van der Waals surface area (Å²) in [5.41, 5.74) is 4.93. The summed E-state index contributed by atoms with van der Waals surface area (Å²) in [5, 5.41) is 0. The molecule has 2 aromatic carbocycles. The van der Waals surface area contributed by atoms with Crippen LogP contribution in [-0.4, -0.2) is 4.98 Å². The second kappa shape index (κ2) is 6.93. The van der Waals surface area contributed by atoms with Crippen LogP contribution in [0.25, 0.3) is 22.5 Å². The zero-order valence-corrected chi connectivity index (χ0v) is 15.4. The van der Waals surface area contributed by atoms with Crippen molar-refractivity contribution in [2.45, 2.75) is 9.79 Å². The number of benzene rings is 2. The maximum atomic E-state index is 3.68. The summed E-state index contributed by atoms with van der Waals surface area (Å²) >= 11 is 0. The zero-order valence-electron chi connectivity index (χ0n) is 11.3. The molecule has 0 spiro atoms. The fourth-order valence-corrected chi connectivity index (χ4v) is 11.5. The molecule has 0 saturated carbocycles. The van der Waals surface area contributed by atoms with E-state index in [1.165, 1.54) is 32.3 Å². The normalized spacial score (nSPS) is 14.4. The van der Waals surface area contributed by atoms with Gasteiger partial charge in [0.05, 0.1) is 21.2 Å². The highest BCUT2D eigenvalue weighted by Gasteiger charge is 2.23. The Kier molecular flexibility index (Phi) is 4.73. The molecule has 1 aliphatic heterocycles. The van der Waals surface area contributed by atoms with Gasteiger partial charge in [-0.2, -0.15) is 0 Å². The van der Waals surface area contributed by atoms with E-state index in [9.17, 15) is 0 Å². The predicted molar refractivity (Wildman–Crippen MR) is 106 cm³/mol. The van der Waals surface area contributed by atoms with Gasteiger partial charge < -0.3 is 4.98 Å². The summed E-state index contributed by atoms with van der Waals surface area (Å²) in [6, 6.07) is 21.2. The van der Waals surface area contributed by atoms with Gasteiger partial charge in [-0.1, -0.05) is 60.7 Å². The fourth-order valence-electron chi connectivity index (χ4n) is 2.35. The Balaban J connectivity index is 1.91. The Labute approximate surface area is 148 Å². The van der Waals surface area contributed by atoms with Crippen LogP contribution < -0.4 is 0 Å². The second-order valence-electron chi connectivity index (χ2n) is 4.64. The summed E-state index contributed by atoms with van der Waals surface area (Å²) in [5.74, 6) is 0. The molecule has 0 bridgehead atoms. The third-order valence-corrected chi connectivity index (χ3v) is 11.8. The van der Waals surface area contributed by atoms with Gasteiger partial charge in [0, 0.05) is 0 Å². The molecule has 22 heavy (non-hydrogen) atoms. The van der Waals surface area contributed by atoms with Crippen molar-refractivity contribution in [2.75, 3.05) is 0 Å². The van der Waals surface area contributed by atoms with Crippen molar-refractivity contribution < 1.29 is 0 Å². The monoisotopic (exact) mass is 377 g/mol. The lowest BCUT2D eigenvalue weighted by Crippen LogP contribution is -1.80. The van der Waals surface area contributed by atoms with Crippen LogP contribution >= 0.6 is 51.1 Å². The predicted octanol–water partition coefficient (Wildman–Crippen LogP) is 7.41. The number of hydrogen-bond donors (Lipinski definition) is 1. The Hall–Kier alpha value is -0.530. The van der Waals surface area contributed by atoms with Crippen LogP contribution in [0.2, 0.25) is 0 Å². The molecule has 1 aromatic heterocycles. The largest absolute Gasteiger partial charge is 0.353 e. The lowest BCUT2D eigenvalue weighted by atomic mass is 10.1. The summed E-state index contributed by atoms with van der Waals surface area (Å²) in [7, 11) is 9.20. The van der Waals surface area contributed by atoms with E-state index in [2.05, 4.69) is 65.6 Å². The number of rotatable bonds is 2. The van der Waals surface area contributed by atoms with Gasteiger partial charge in [-0.3, -0.25) is 0 Å². The van der Waals surface area contributed by atoms with Gasteiger partial charge in [0.1, 0.15) is 0 Å². The molecule has 0 aliphatic carbocycles. The van der Waals surface area contributed by atoms with Gasteiger partial charge >= 0.3 is 0 Å². The third kappa shape index (κ3) is 2.95. The second-order valence-corrected chi connectivity index (χ2v) is 12.1. The van der Waals surface area contributed by atoms with E-state index in [1.807, 2.05) is 51.1 Å². The Bertz CT molecular complexity index is 706. The van der Waals surface area contributed by atoms with E-state index in [0.717, 1.165) is 0 Å². The molecule has 0 saturated heterocycles. The van der Waals surface area contributed by atoms with Gasteiger partial charge in [-0.15, -0.1) is 0 Å². The number of nitrogens with one attached hydrogen (secondary N) is 1. The van der Waals surface area contributed by atoms with Crippen molar-refractivity contribution >= 4 is 51.1 Å². The minimum absolute atomic E-state index is 1.22. The van der Waals surface area contributed by atoms with Crippen LogP contribution in [-0.2, 0) is 0 Å². The molecule has 0 atom stereocenters. The average molecular weight is 378 g/mol. The molecule has 0 radical (unpaired) electrons. The lowest BCUT2D eigenvalue weighted by Gasteiger charge is -2.01. The van der Waals surface area contributed by atoms with Crippen molar-refractivity contribution in [2.24, 2.45) is 0 Å². The van der Waals surface area contributed by atoms with Gasteiger partial charge in [-0.25, -0.2) is 0 Å². The molecular weight excluding hydrogens is 367 g/mol. The molecule has 1 N–H and O–H groups in total. The number of hydrogen-bond acceptors (Lipinski definition) is 5. The molecular formula is C16H11NS5. The van der Waals surface area contributed by atoms with Crippen molar-refractivity contribution in [3.05, 3.63) is 60.7 Å². The van der Waals surface area contributed by atoms with Crippen LogP contribution in [0.5, 0.6) is 0 Å². The molecule has 110 valence electrons. The van der Waals surface area contributed by atoms with Crippen molar-refractivity contribution in [1.82, 2.24) is 4.98 Å². The zero-order chi connectivity index (χ0) is 14.8. The van der Waals surface area contributed by atoms with Crippen LogP contribution in [0.3, 0.4) is 0 Å². The third-order valence-electron chi connectivity index (χ3n) is 3.33. The molecule has 0 fully saturated rings. The SMILES string of the molecule is c1ccc(-c2[nH]c(-c3ccccc3)c3c2SSSSS3)cc1. The van der Waals surface area contributed by atoms with Crippen LogP contribution in [0.4, 0.5) is 0 Å². The maximum Gasteiger partial charge on any atom is 0.0618 e. The van der Waals surface area contributed by atoms with E-state index < -0.39 is 0 Å². The lowest BCUT2D eigenvalue weighted by molar-refractivity contribution is 1.35. The van der Waals surface area contributed by atoms with Crippen LogP contribution in [0.15, 0.2) is 70.5 Å². The van der Waals surface area contributed by atoms with Crippen LogP contribution in [0, 0.1) is 0 Å². The quantitative estimate of drug-likeness (QED) is 0.466. The van der Waals surface area contributed by atoms with E-state index >= 15 is 0 Å². The summed E-state index contributed by atoms with van der Waals surface area (Å²) < 4.78 is 0. The van der Waals surface area contributed by atoms with E-state index in [-0.39, 0.29) is 0 Å². The molecule has 2 heterocycles. The smallest absolute Gasteiger partial charge is 0.0618 e. The molecule has 0 amide bonds. The Morgan fingerprint density at radius 3 is 1.45 bits per heavy atom. The first-order chi connectivity index (χ1) is 10.9. The molecule has 1 aliphatic rings. The van der Waals surface area contributed by atoms with E-state index in [1.54, 1.807) is 0 Å². The van der Waals surface area contributed by atoms with Crippen LogP contribution in [0.1, 0.15) is 0 Å². The molecule has 1 nitrogen and oxygen atoms in total. The number of fused-ring (bicyclic) bond motifs is 1.